The zero-order valence-electron chi connectivity index (χ0n) is 15.4. The third-order valence-electron chi connectivity index (χ3n) is 4.31. The van der Waals surface area contributed by atoms with Crippen LogP contribution < -0.4 is 15.6 Å². The molecule has 2 aromatic carbocycles. The lowest BCUT2D eigenvalue weighted by atomic mass is 10.0. The summed E-state index contributed by atoms with van der Waals surface area (Å²) in [6.07, 6.45) is 0.911. The minimum atomic E-state index is -0.114. The number of fused-ring (bicyclic) bond motifs is 1. The number of hydrogen-bond donors (Lipinski definition) is 2. The third kappa shape index (κ3) is 4.73. The smallest absolute Gasteiger partial charge is 0.248 e. The molecule has 3 rings (SSSR count). The molecule has 0 unspecified atom stereocenters. The number of benzene rings is 2. The quantitative estimate of drug-likeness (QED) is 0.606. The fraction of sp³-hybridized carbons (Fsp3) is 0.318. The van der Waals surface area contributed by atoms with E-state index in [0.29, 0.717) is 18.3 Å². The van der Waals surface area contributed by atoms with Gasteiger partial charge in [0.25, 0.3) is 0 Å². The van der Waals surface area contributed by atoms with Crippen LogP contribution in [0, 0.1) is 5.92 Å². The molecule has 0 atom stereocenters. The number of H-pyrrole nitrogens is 1. The number of aromatic amines is 1. The van der Waals surface area contributed by atoms with Gasteiger partial charge in [-0.05, 0) is 48.7 Å². The molecule has 2 N–H and O–H groups in total. The highest BCUT2D eigenvalue weighted by Crippen LogP contribution is 2.27. The fourth-order valence-electron chi connectivity index (χ4n) is 2.97. The van der Waals surface area contributed by atoms with Gasteiger partial charge >= 0.3 is 0 Å². The monoisotopic (exact) mass is 350 g/mol. The second-order valence-electron chi connectivity index (χ2n) is 6.96. The van der Waals surface area contributed by atoms with Gasteiger partial charge in [-0.3, -0.25) is 4.79 Å². The Balaban J connectivity index is 1.80. The van der Waals surface area contributed by atoms with Crippen molar-refractivity contribution in [3.05, 3.63) is 76.1 Å². The van der Waals surface area contributed by atoms with Crippen molar-refractivity contribution in [2.45, 2.75) is 26.9 Å². The van der Waals surface area contributed by atoms with Crippen molar-refractivity contribution in [2.24, 2.45) is 5.92 Å². The topological polar surface area (TPSA) is 54.1 Å². The summed E-state index contributed by atoms with van der Waals surface area (Å²) in [4.78, 5) is 14.8. The van der Waals surface area contributed by atoms with E-state index in [2.05, 4.69) is 30.2 Å². The van der Waals surface area contributed by atoms with Crippen molar-refractivity contribution in [3.63, 3.8) is 0 Å². The molecule has 0 aliphatic carbocycles. The van der Waals surface area contributed by atoms with Crippen molar-refractivity contribution in [1.82, 2.24) is 10.3 Å². The van der Waals surface area contributed by atoms with E-state index < -0.39 is 0 Å². The first-order valence-corrected chi connectivity index (χ1v) is 9.16. The molecule has 4 heteroatoms. The van der Waals surface area contributed by atoms with Crippen LogP contribution in [0.15, 0.2) is 59.4 Å². The van der Waals surface area contributed by atoms with E-state index in [1.807, 2.05) is 42.5 Å². The maximum Gasteiger partial charge on any atom is 0.248 e. The van der Waals surface area contributed by atoms with E-state index in [1.165, 1.54) is 5.56 Å². The first-order valence-electron chi connectivity index (χ1n) is 9.16. The summed E-state index contributed by atoms with van der Waals surface area (Å²) in [6, 6.07) is 17.5. The molecular formula is C22H26N2O2. The first-order chi connectivity index (χ1) is 12.6. The summed E-state index contributed by atoms with van der Waals surface area (Å²) in [7, 11) is 0. The van der Waals surface area contributed by atoms with Crippen LogP contribution in [-0.2, 0) is 13.0 Å². The average molecular weight is 350 g/mol. The molecule has 0 amide bonds. The summed E-state index contributed by atoms with van der Waals surface area (Å²) in [5.41, 5.74) is 2.97. The first kappa shape index (κ1) is 18.2. The predicted octanol–water partition coefficient (Wildman–Crippen LogP) is 3.90. The second-order valence-corrected chi connectivity index (χ2v) is 6.96. The van der Waals surface area contributed by atoms with Crippen LogP contribution in [0.2, 0.25) is 0 Å². The van der Waals surface area contributed by atoms with E-state index in [4.69, 9.17) is 4.74 Å². The van der Waals surface area contributed by atoms with Crippen LogP contribution >= 0.6 is 0 Å². The van der Waals surface area contributed by atoms with Crippen LogP contribution in [0.3, 0.4) is 0 Å². The van der Waals surface area contributed by atoms with Gasteiger partial charge in [-0.2, -0.15) is 0 Å². The van der Waals surface area contributed by atoms with Gasteiger partial charge in [0.2, 0.25) is 5.56 Å². The predicted molar refractivity (Wildman–Crippen MR) is 107 cm³/mol. The molecule has 0 aliphatic heterocycles. The molecule has 3 aromatic rings. The number of rotatable bonds is 8. The molecule has 4 nitrogen and oxygen atoms in total. The van der Waals surface area contributed by atoms with Gasteiger partial charge in [0.05, 0.1) is 5.52 Å². The minimum absolute atomic E-state index is 0.114. The van der Waals surface area contributed by atoms with Crippen molar-refractivity contribution in [1.29, 1.82) is 0 Å². The molecule has 0 bridgehead atoms. The van der Waals surface area contributed by atoms with Gasteiger partial charge in [0, 0.05) is 11.5 Å². The molecule has 136 valence electrons. The van der Waals surface area contributed by atoms with Crippen molar-refractivity contribution in [2.75, 3.05) is 13.1 Å². The lowest BCUT2D eigenvalue weighted by Crippen LogP contribution is -2.22. The van der Waals surface area contributed by atoms with Crippen molar-refractivity contribution >= 4 is 10.9 Å². The van der Waals surface area contributed by atoms with Crippen LogP contribution in [-0.4, -0.2) is 18.1 Å². The summed E-state index contributed by atoms with van der Waals surface area (Å²) in [6.45, 7) is 6.80. The number of hydrogen-bond acceptors (Lipinski definition) is 3. The van der Waals surface area contributed by atoms with E-state index >= 15 is 0 Å². The molecule has 1 aromatic heterocycles. The Morgan fingerprint density at radius 3 is 2.62 bits per heavy atom. The minimum Gasteiger partial charge on any atom is -0.487 e. The highest BCUT2D eigenvalue weighted by Gasteiger charge is 2.09. The molecule has 0 radical (unpaired) electrons. The van der Waals surface area contributed by atoms with Crippen molar-refractivity contribution in [3.8, 4) is 5.75 Å². The number of pyridine rings is 1. The molecular weight excluding hydrogens is 324 g/mol. The van der Waals surface area contributed by atoms with E-state index in [9.17, 15) is 4.79 Å². The zero-order chi connectivity index (χ0) is 18.4. The lowest BCUT2D eigenvalue weighted by Gasteiger charge is -2.13. The molecule has 0 spiro atoms. The molecule has 0 saturated heterocycles. The Hall–Kier alpha value is -2.59. The van der Waals surface area contributed by atoms with E-state index in [1.54, 1.807) is 6.07 Å². The SMILES string of the molecule is CC(C)CNCCc1ccc(OCc2ccccc2)c2[nH]c(=O)ccc12. The van der Waals surface area contributed by atoms with Gasteiger partial charge < -0.3 is 15.0 Å². The summed E-state index contributed by atoms with van der Waals surface area (Å²) in [5, 5.41) is 4.51. The van der Waals surface area contributed by atoms with E-state index in [-0.39, 0.29) is 5.56 Å². The largest absolute Gasteiger partial charge is 0.487 e. The van der Waals surface area contributed by atoms with Crippen LogP contribution in [0.25, 0.3) is 10.9 Å². The summed E-state index contributed by atoms with van der Waals surface area (Å²) in [5.74, 6) is 1.34. The second kappa shape index (κ2) is 8.68. The van der Waals surface area contributed by atoms with Crippen LogP contribution in [0.4, 0.5) is 0 Å². The molecule has 0 aliphatic rings. The summed E-state index contributed by atoms with van der Waals surface area (Å²) >= 11 is 0. The molecule has 26 heavy (non-hydrogen) atoms. The summed E-state index contributed by atoms with van der Waals surface area (Å²) < 4.78 is 5.99. The standard InChI is InChI=1S/C22H26N2O2/c1-16(2)14-23-13-12-18-8-10-20(22-19(18)9-11-21(25)24-22)26-15-17-6-4-3-5-7-17/h3-11,16,23H,12-15H2,1-2H3,(H,24,25). The zero-order valence-corrected chi connectivity index (χ0v) is 15.4. The molecule has 0 saturated carbocycles. The maximum atomic E-state index is 11.8. The van der Waals surface area contributed by atoms with Crippen LogP contribution in [0.1, 0.15) is 25.0 Å². The highest BCUT2D eigenvalue weighted by atomic mass is 16.5. The van der Waals surface area contributed by atoms with Gasteiger partial charge in [0.1, 0.15) is 12.4 Å². The maximum absolute atomic E-state index is 11.8. The van der Waals surface area contributed by atoms with Crippen LogP contribution in [0.5, 0.6) is 5.75 Å². The number of aromatic nitrogens is 1. The van der Waals surface area contributed by atoms with E-state index in [0.717, 1.165) is 36.0 Å². The normalized spacial score (nSPS) is 11.2. The Morgan fingerprint density at radius 2 is 1.85 bits per heavy atom. The Morgan fingerprint density at radius 1 is 1.04 bits per heavy atom. The van der Waals surface area contributed by atoms with Gasteiger partial charge in [0.15, 0.2) is 0 Å². The Bertz CT molecular complexity index is 901. The van der Waals surface area contributed by atoms with Gasteiger partial charge in [-0.25, -0.2) is 0 Å². The highest BCUT2D eigenvalue weighted by molar-refractivity contribution is 5.87. The lowest BCUT2D eigenvalue weighted by molar-refractivity contribution is 0.309. The van der Waals surface area contributed by atoms with Crippen molar-refractivity contribution < 1.29 is 4.74 Å². The number of nitrogens with one attached hydrogen (secondary N) is 2. The third-order valence-corrected chi connectivity index (χ3v) is 4.31. The fourth-order valence-corrected chi connectivity index (χ4v) is 2.97. The van der Waals surface area contributed by atoms with Gasteiger partial charge in [-0.15, -0.1) is 0 Å². The number of ether oxygens (including phenoxy) is 1. The average Bonchev–Trinajstić information content (AvgIpc) is 2.64. The molecule has 1 heterocycles. The Kier molecular flexibility index (Phi) is 6.08. The van der Waals surface area contributed by atoms with Gasteiger partial charge in [-0.1, -0.05) is 50.2 Å². The molecule has 0 fully saturated rings. The Labute approximate surface area is 154 Å².